The van der Waals surface area contributed by atoms with Crippen molar-refractivity contribution in [3.8, 4) is 5.75 Å². The van der Waals surface area contributed by atoms with Crippen LogP contribution in [0.5, 0.6) is 5.75 Å². The van der Waals surface area contributed by atoms with Gasteiger partial charge < -0.3 is 31.2 Å². The maximum atomic E-state index is 12.6. The summed E-state index contributed by atoms with van der Waals surface area (Å²) in [6, 6.07) is 3.13. The molecule has 24 heavy (non-hydrogen) atoms. The topological polar surface area (TPSA) is 120 Å². The zero-order valence-electron chi connectivity index (χ0n) is 12.7. The summed E-state index contributed by atoms with van der Waals surface area (Å²) < 4.78 is 34.7. The number of halogens is 2. The van der Waals surface area contributed by atoms with E-state index in [4.69, 9.17) is 16.2 Å². The number of carbonyl (C=O) groups excluding carboxylic acids is 2. The van der Waals surface area contributed by atoms with E-state index in [-0.39, 0.29) is 37.0 Å². The summed E-state index contributed by atoms with van der Waals surface area (Å²) >= 11 is 0. The number of rotatable bonds is 6. The van der Waals surface area contributed by atoms with Crippen LogP contribution in [0.25, 0.3) is 0 Å². The summed E-state index contributed by atoms with van der Waals surface area (Å²) in [5.41, 5.74) is 11.1. The molecule has 0 radical (unpaired) electrons. The second-order valence-corrected chi connectivity index (χ2v) is 4.99. The fourth-order valence-electron chi connectivity index (χ4n) is 2.10. The van der Waals surface area contributed by atoms with E-state index in [1.54, 1.807) is 0 Å². The van der Waals surface area contributed by atoms with Crippen LogP contribution in [0.15, 0.2) is 18.2 Å². The van der Waals surface area contributed by atoms with Crippen LogP contribution in [-0.4, -0.2) is 50.8 Å². The summed E-state index contributed by atoms with van der Waals surface area (Å²) in [6.45, 7) is -2.66. The second-order valence-electron chi connectivity index (χ2n) is 4.99. The zero-order valence-corrected chi connectivity index (χ0v) is 12.7. The summed E-state index contributed by atoms with van der Waals surface area (Å²) in [6.07, 6.45) is 0. The minimum atomic E-state index is -3.10. The monoisotopic (exact) mass is 344 g/mol. The standard InChI is InChI=1S/C14H18F2N4O4/c15-14(16)24-11-5-8(20-3-4-23-7-12(20)21)1-2-10(11)19-13(22)9(18)6-17/h1-2,5,9,14H,3-4,6-7,17-18H2,(H,19,22)/t9-/m1/s1. The van der Waals surface area contributed by atoms with E-state index in [2.05, 4.69) is 10.1 Å². The normalized spacial score (nSPS) is 16.2. The van der Waals surface area contributed by atoms with Gasteiger partial charge in [0.05, 0.1) is 18.3 Å². The molecule has 10 heteroatoms. The maximum absolute atomic E-state index is 12.6. The molecule has 1 saturated heterocycles. The summed E-state index contributed by atoms with van der Waals surface area (Å²) in [5.74, 6) is -1.21. The van der Waals surface area contributed by atoms with Gasteiger partial charge in [-0.25, -0.2) is 0 Å². The molecule has 1 atom stereocenters. The van der Waals surface area contributed by atoms with Gasteiger partial charge in [0.15, 0.2) is 5.75 Å². The predicted octanol–water partition coefficient (Wildman–Crippen LogP) is -0.124. The molecule has 5 N–H and O–H groups in total. The van der Waals surface area contributed by atoms with E-state index >= 15 is 0 Å². The third-order valence-electron chi connectivity index (χ3n) is 3.33. The lowest BCUT2D eigenvalue weighted by molar-refractivity contribution is -0.125. The Kier molecular flexibility index (Phi) is 6.01. The molecular formula is C14H18F2N4O4. The zero-order chi connectivity index (χ0) is 17.7. The first-order chi connectivity index (χ1) is 11.4. The van der Waals surface area contributed by atoms with Gasteiger partial charge in [0, 0.05) is 24.8 Å². The van der Waals surface area contributed by atoms with E-state index in [9.17, 15) is 18.4 Å². The van der Waals surface area contributed by atoms with Crippen molar-refractivity contribution in [2.45, 2.75) is 12.7 Å². The van der Waals surface area contributed by atoms with Crippen LogP contribution in [0.2, 0.25) is 0 Å². The van der Waals surface area contributed by atoms with E-state index in [1.807, 2.05) is 0 Å². The van der Waals surface area contributed by atoms with Gasteiger partial charge in [0.25, 0.3) is 5.91 Å². The number of carbonyl (C=O) groups is 2. The van der Waals surface area contributed by atoms with E-state index in [1.165, 1.54) is 23.1 Å². The van der Waals surface area contributed by atoms with E-state index < -0.39 is 18.6 Å². The summed E-state index contributed by atoms with van der Waals surface area (Å²) in [5, 5.41) is 2.38. The predicted molar refractivity (Wildman–Crippen MR) is 81.9 cm³/mol. The average Bonchev–Trinajstić information content (AvgIpc) is 2.55. The molecule has 0 aromatic heterocycles. The van der Waals surface area contributed by atoms with Gasteiger partial charge in [0.1, 0.15) is 6.61 Å². The summed E-state index contributed by atoms with van der Waals surface area (Å²) in [4.78, 5) is 25.0. The fraction of sp³-hybridized carbons (Fsp3) is 0.429. The first-order valence-electron chi connectivity index (χ1n) is 7.16. The summed E-state index contributed by atoms with van der Waals surface area (Å²) in [7, 11) is 0. The van der Waals surface area contributed by atoms with E-state index in [0.717, 1.165) is 0 Å². The minimum Gasteiger partial charge on any atom is -0.433 e. The van der Waals surface area contributed by atoms with Crippen molar-refractivity contribution in [3.63, 3.8) is 0 Å². The molecule has 8 nitrogen and oxygen atoms in total. The third kappa shape index (κ3) is 4.37. The number of amides is 2. The number of nitrogens with zero attached hydrogens (tertiary/aromatic N) is 1. The smallest absolute Gasteiger partial charge is 0.387 e. The number of nitrogens with one attached hydrogen (secondary N) is 1. The average molecular weight is 344 g/mol. The van der Waals surface area contributed by atoms with Crippen LogP contribution < -0.4 is 26.4 Å². The molecule has 1 aromatic carbocycles. The number of hydrogen-bond acceptors (Lipinski definition) is 6. The number of nitrogens with two attached hydrogens (primary N) is 2. The molecule has 0 spiro atoms. The van der Waals surface area contributed by atoms with Gasteiger partial charge in [-0.05, 0) is 12.1 Å². The maximum Gasteiger partial charge on any atom is 0.387 e. The molecule has 2 amide bonds. The van der Waals surface area contributed by atoms with Crippen LogP contribution >= 0.6 is 0 Å². The molecule has 1 heterocycles. The Morgan fingerprint density at radius 1 is 1.46 bits per heavy atom. The first kappa shape index (κ1) is 18.0. The minimum absolute atomic E-state index is 0.00802. The highest BCUT2D eigenvalue weighted by molar-refractivity contribution is 5.98. The van der Waals surface area contributed by atoms with Gasteiger partial charge in [0.2, 0.25) is 5.91 Å². The Balaban J connectivity index is 2.27. The molecule has 1 aliphatic rings. The van der Waals surface area contributed by atoms with Gasteiger partial charge in [-0.1, -0.05) is 0 Å². The van der Waals surface area contributed by atoms with Crippen molar-refractivity contribution in [2.75, 3.05) is 36.5 Å². The number of hydrogen-bond donors (Lipinski definition) is 3. The van der Waals surface area contributed by atoms with E-state index in [0.29, 0.717) is 12.3 Å². The Bertz CT molecular complexity index is 614. The number of anilines is 2. The molecule has 2 rings (SSSR count). The molecule has 0 aliphatic carbocycles. The highest BCUT2D eigenvalue weighted by Gasteiger charge is 2.23. The number of benzene rings is 1. The molecule has 1 aliphatic heterocycles. The van der Waals surface area contributed by atoms with Gasteiger partial charge in [-0.2, -0.15) is 8.78 Å². The number of ether oxygens (including phenoxy) is 2. The Morgan fingerprint density at radius 3 is 2.83 bits per heavy atom. The quantitative estimate of drug-likeness (QED) is 0.662. The van der Waals surface area contributed by atoms with Crippen molar-refractivity contribution in [3.05, 3.63) is 18.2 Å². The first-order valence-corrected chi connectivity index (χ1v) is 7.16. The van der Waals surface area contributed by atoms with Crippen molar-refractivity contribution >= 4 is 23.2 Å². The Hall–Kier alpha value is -2.30. The Morgan fingerprint density at radius 2 is 2.21 bits per heavy atom. The molecular weight excluding hydrogens is 326 g/mol. The number of alkyl halides is 2. The largest absolute Gasteiger partial charge is 0.433 e. The van der Waals surface area contributed by atoms with Crippen molar-refractivity contribution in [1.29, 1.82) is 0 Å². The fourth-order valence-corrected chi connectivity index (χ4v) is 2.10. The van der Waals surface area contributed by atoms with Crippen molar-refractivity contribution in [2.24, 2.45) is 11.5 Å². The SMILES string of the molecule is NC[C@@H](N)C(=O)Nc1ccc(N2CCOCC2=O)cc1OC(F)F. The number of morpholine rings is 1. The molecule has 132 valence electrons. The lowest BCUT2D eigenvalue weighted by Gasteiger charge is -2.27. The van der Waals surface area contributed by atoms with Gasteiger partial charge in [-0.3, -0.25) is 9.59 Å². The molecule has 0 saturated carbocycles. The van der Waals surface area contributed by atoms with Crippen LogP contribution in [0, 0.1) is 0 Å². The molecule has 1 aromatic rings. The second kappa shape index (κ2) is 7.99. The lowest BCUT2D eigenvalue weighted by Crippen LogP contribution is -2.42. The van der Waals surface area contributed by atoms with Gasteiger partial charge >= 0.3 is 6.61 Å². The van der Waals surface area contributed by atoms with Crippen LogP contribution in [0.4, 0.5) is 20.2 Å². The van der Waals surface area contributed by atoms with Crippen molar-refractivity contribution < 1.29 is 27.8 Å². The highest BCUT2D eigenvalue weighted by atomic mass is 19.3. The molecule has 1 fully saturated rings. The highest BCUT2D eigenvalue weighted by Crippen LogP contribution is 2.32. The van der Waals surface area contributed by atoms with Crippen LogP contribution in [-0.2, 0) is 14.3 Å². The van der Waals surface area contributed by atoms with Gasteiger partial charge in [-0.15, -0.1) is 0 Å². The Labute approximate surface area is 136 Å². The lowest BCUT2D eigenvalue weighted by atomic mass is 10.2. The third-order valence-corrected chi connectivity index (χ3v) is 3.33. The molecule has 0 bridgehead atoms. The van der Waals surface area contributed by atoms with Crippen molar-refractivity contribution in [1.82, 2.24) is 0 Å². The van der Waals surface area contributed by atoms with Crippen LogP contribution in [0.1, 0.15) is 0 Å². The molecule has 0 unspecified atom stereocenters. The van der Waals surface area contributed by atoms with Crippen LogP contribution in [0.3, 0.4) is 0 Å².